The Labute approximate surface area is 116 Å². The van der Waals surface area contributed by atoms with Crippen LogP contribution in [0.15, 0.2) is 30.3 Å². The fourth-order valence-corrected chi connectivity index (χ4v) is 2.64. The molecule has 0 aliphatic carbocycles. The molecule has 0 saturated carbocycles. The summed E-state index contributed by atoms with van der Waals surface area (Å²) in [7, 11) is 0. The molecule has 0 bridgehead atoms. The zero-order valence-electron chi connectivity index (χ0n) is 12.1. The maximum absolute atomic E-state index is 5.71. The minimum absolute atomic E-state index is 0.589. The number of rotatable bonds is 7. The fraction of sp³-hybridized carbons (Fsp3) is 0.625. The van der Waals surface area contributed by atoms with Crippen LogP contribution in [0.4, 0.5) is 0 Å². The lowest BCUT2D eigenvalue weighted by Crippen LogP contribution is -2.37. The fourth-order valence-electron chi connectivity index (χ4n) is 2.64. The van der Waals surface area contributed by atoms with Gasteiger partial charge in [0.05, 0.1) is 6.61 Å². The van der Waals surface area contributed by atoms with Gasteiger partial charge in [-0.1, -0.05) is 32.0 Å². The van der Waals surface area contributed by atoms with E-state index in [4.69, 9.17) is 4.74 Å². The lowest BCUT2D eigenvalue weighted by atomic mass is 10.2. The highest BCUT2D eigenvalue weighted by atomic mass is 16.5. The first-order valence-electron chi connectivity index (χ1n) is 7.40. The van der Waals surface area contributed by atoms with Crippen molar-refractivity contribution in [2.75, 3.05) is 26.2 Å². The number of nitrogens with one attached hydrogen (secondary N) is 1. The Morgan fingerprint density at radius 2 is 2.11 bits per heavy atom. The van der Waals surface area contributed by atoms with E-state index in [2.05, 4.69) is 24.1 Å². The number of hydrogen-bond donors (Lipinski definition) is 1. The minimum atomic E-state index is 0.589. The number of nitrogens with zero attached hydrogens (tertiary/aromatic N) is 1. The quantitative estimate of drug-likeness (QED) is 0.764. The normalized spacial score (nSPS) is 20.1. The van der Waals surface area contributed by atoms with E-state index in [0.29, 0.717) is 12.1 Å². The molecular weight excluding hydrogens is 236 g/mol. The van der Waals surface area contributed by atoms with Crippen LogP contribution >= 0.6 is 0 Å². The lowest BCUT2D eigenvalue weighted by molar-refractivity contribution is 0.259. The second kappa shape index (κ2) is 7.51. The second-order valence-corrected chi connectivity index (χ2v) is 5.62. The molecule has 2 rings (SSSR count). The summed E-state index contributed by atoms with van der Waals surface area (Å²) in [6.07, 6.45) is 2.38. The van der Waals surface area contributed by atoms with Crippen LogP contribution in [-0.2, 0) is 0 Å². The van der Waals surface area contributed by atoms with E-state index >= 15 is 0 Å². The molecule has 3 nitrogen and oxygen atoms in total. The minimum Gasteiger partial charge on any atom is -0.494 e. The Morgan fingerprint density at radius 3 is 2.84 bits per heavy atom. The molecule has 1 heterocycles. The monoisotopic (exact) mass is 262 g/mol. The predicted octanol–water partition coefficient (Wildman–Crippen LogP) is 2.53. The van der Waals surface area contributed by atoms with Gasteiger partial charge in [-0.15, -0.1) is 0 Å². The standard InChI is InChI=1S/C16H26N2O/c1-14(2)17-15-9-11-18(13-15)10-6-12-19-16-7-4-3-5-8-16/h3-5,7-8,14-15,17H,6,9-13H2,1-2H3. The summed E-state index contributed by atoms with van der Waals surface area (Å²) in [6, 6.07) is 11.3. The van der Waals surface area contributed by atoms with Crippen molar-refractivity contribution in [1.82, 2.24) is 10.2 Å². The van der Waals surface area contributed by atoms with Gasteiger partial charge in [0.15, 0.2) is 0 Å². The highest BCUT2D eigenvalue weighted by Gasteiger charge is 2.21. The first-order chi connectivity index (χ1) is 9.24. The number of para-hydroxylation sites is 1. The molecule has 1 aromatic rings. The molecule has 1 atom stereocenters. The first kappa shape index (κ1) is 14.4. The van der Waals surface area contributed by atoms with Crippen LogP contribution in [-0.4, -0.2) is 43.2 Å². The first-order valence-corrected chi connectivity index (χ1v) is 7.40. The highest BCUT2D eigenvalue weighted by molar-refractivity contribution is 5.20. The van der Waals surface area contributed by atoms with Crippen molar-refractivity contribution < 1.29 is 4.74 Å². The predicted molar refractivity (Wildman–Crippen MR) is 79.7 cm³/mol. The van der Waals surface area contributed by atoms with E-state index < -0.39 is 0 Å². The molecule has 1 aliphatic heterocycles. The van der Waals surface area contributed by atoms with Crippen LogP contribution in [0, 0.1) is 0 Å². The van der Waals surface area contributed by atoms with E-state index in [9.17, 15) is 0 Å². The maximum Gasteiger partial charge on any atom is 0.119 e. The summed E-state index contributed by atoms with van der Waals surface area (Å²) in [4.78, 5) is 2.54. The molecule has 1 unspecified atom stereocenters. The number of ether oxygens (including phenoxy) is 1. The molecule has 0 aromatic heterocycles. The Morgan fingerprint density at radius 1 is 1.32 bits per heavy atom. The second-order valence-electron chi connectivity index (χ2n) is 5.62. The number of hydrogen-bond acceptors (Lipinski definition) is 3. The summed E-state index contributed by atoms with van der Waals surface area (Å²) in [5.41, 5.74) is 0. The van der Waals surface area contributed by atoms with Gasteiger partial charge >= 0.3 is 0 Å². The molecular formula is C16H26N2O. The third kappa shape index (κ3) is 5.21. The van der Waals surface area contributed by atoms with Gasteiger partial charge in [0.25, 0.3) is 0 Å². The summed E-state index contributed by atoms with van der Waals surface area (Å²) >= 11 is 0. The lowest BCUT2D eigenvalue weighted by Gasteiger charge is -2.18. The maximum atomic E-state index is 5.71. The molecule has 1 N–H and O–H groups in total. The van der Waals surface area contributed by atoms with Gasteiger partial charge in [-0.05, 0) is 31.5 Å². The van der Waals surface area contributed by atoms with E-state index in [0.717, 1.165) is 25.3 Å². The average molecular weight is 262 g/mol. The summed E-state index contributed by atoms with van der Waals surface area (Å²) in [6.45, 7) is 8.79. The number of likely N-dealkylation sites (tertiary alicyclic amines) is 1. The van der Waals surface area contributed by atoms with Crippen LogP contribution in [0.2, 0.25) is 0 Å². The Bertz CT molecular complexity index is 353. The average Bonchev–Trinajstić information content (AvgIpc) is 2.83. The van der Waals surface area contributed by atoms with Crippen molar-refractivity contribution in [2.24, 2.45) is 0 Å². The van der Waals surface area contributed by atoms with Crippen LogP contribution in [0.25, 0.3) is 0 Å². The molecule has 0 spiro atoms. The van der Waals surface area contributed by atoms with Crippen molar-refractivity contribution in [1.29, 1.82) is 0 Å². The SMILES string of the molecule is CC(C)NC1CCN(CCCOc2ccccc2)C1. The molecule has 1 aromatic carbocycles. The molecule has 0 amide bonds. The molecule has 1 saturated heterocycles. The summed E-state index contributed by atoms with van der Waals surface area (Å²) in [5.74, 6) is 0.975. The van der Waals surface area contributed by atoms with Gasteiger partial charge in [0.2, 0.25) is 0 Å². The van der Waals surface area contributed by atoms with Gasteiger partial charge in [-0.3, -0.25) is 0 Å². The van der Waals surface area contributed by atoms with Crippen molar-refractivity contribution in [3.05, 3.63) is 30.3 Å². The highest BCUT2D eigenvalue weighted by Crippen LogP contribution is 2.11. The van der Waals surface area contributed by atoms with Gasteiger partial charge < -0.3 is 15.0 Å². The van der Waals surface area contributed by atoms with E-state index in [1.54, 1.807) is 0 Å². The molecule has 3 heteroatoms. The zero-order valence-corrected chi connectivity index (χ0v) is 12.1. The van der Waals surface area contributed by atoms with Gasteiger partial charge in [0.1, 0.15) is 5.75 Å². The van der Waals surface area contributed by atoms with Crippen molar-refractivity contribution in [3.63, 3.8) is 0 Å². The summed E-state index contributed by atoms with van der Waals surface area (Å²) < 4.78 is 5.71. The van der Waals surface area contributed by atoms with Gasteiger partial charge in [0, 0.05) is 25.2 Å². The van der Waals surface area contributed by atoms with Crippen molar-refractivity contribution in [3.8, 4) is 5.75 Å². The Balaban J connectivity index is 1.57. The topological polar surface area (TPSA) is 24.5 Å². The third-order valence-corrected chi connectivity index (χ3v) is 3.47. The smallest absolute Gasteiger partial charge is 0.119 e. The molecule has 106 valence electrons. The van der Waals surface area contributed by atoms with Crippen molar-refractivity contribution >= 4 is 0 Å². The van der Waals surface area contributed by atoms with Crippen LogP contribution < -0.4 is 10.1 Å². The number of benzene rings is 1. The van der Waals surface area contributed by atoms with Crippen LogP contribution in [0.5, 0.6) is 5.75 Å². The van der Waals surface area contributed by atoms with Gasteiger partial charge in [-0.25, -0.2) is 0 Å². The van der Waals surface area contributed by atoms with E-state index in [-0.39, 0.29) is 0 Å². The molecule has 1 aliphatic rings. The Kier molecular flexibility index (Phi) is 5.67. The third-order valence-electron chi connectivity index (χ3n) is 3.47. The van der Waals surface area contributed by atoms with Crippen molar-refractivity contribution in [2.45, 2.75) is 38.8 Å². The van der Waals surface area contributed by atoms with E-state index in [1.165, 1.54) is 19.5 Å². The van der Waals surface area contributed by atoms with Gasteiger partial charge in [-0.2, -0.15) is 0 Å². The Hall–Kier alpha value is -1.06. The molecule has 19 heavy (non-hydrogen) atoms. The van der Waals surface area contributed by atoms with Crippen LogP contribution in [0.3, 0.4) is 0 Å². The van der Waals surface area contributed by atoms with E-state index in [1.807, 2.05) is 30.3 Å². The molecule has 1 fully saturated rings. The molecule has 0 radical (unpaired) electrons. The van der Waals surface area contributed by atoms with Crippen LogP contribution in [0.1, 0.15) is 26.7 Å². The summed E-state index contributed by atoms with van der Waals surface area (Å²) in [5, 5.41) is 3.62. The largest absolute Gasteiger partial charge is 0.494 e. The zero-order chi connectivity index (χ0) is 13.5.